The highest BCUT2D eigenvalue weighted by molar-refractivity contribution is 5.68. The molecule has 10 aliphatic rings. The van der Waals surface area contributed by atoms with Crippen LogP contribution < -0.4 is 10.4 Å². The molecule has 11 rings (SSSR count). The highest BCUT2D eigenvalue weighted by Crippen LogP contribution is 2.48. The quantitative estimate of drug-likeness (QED) is 0.307. The zero-order valence-electron chi connectivity index (χ0n) is 30.3. The van der Waals surface area contributed by atoms with Gasteiger partial charge in [0.05, 0.1) is 6.04 Å². The summed E-state index contributed by atoms with van der Waals surface area (Å²) < 4.78 is 13.4. The van der Waals surface area contributed by atoms with E-state index in [1.165, 1.54) is 67.6 Å². The van der Waals surface area contributed by atoms with Gasteiger partial charge in [-0.1, -0.05) is 121 Å². The molecule has 0 radical (unpaired) electrons. The van der Waals surface area contributed by atoms with Crippen molar-refractivity contribution < 1.29 is 9.47 Å². The third kappa shape index (κ3) is 5.30. The van der Waals surface area contributed by atoms with Gasteiger partial charge in [-0.2, -0.15) is 0 Å². The van der Waals surface area contributed by atoms with E-state index in [2.05, 4.69) is 145 Å². The normalized spacial score (nSPS) is 34.0. The van der Waals surface area contributed by atoms with E-state index < -0.39 is 0 Å². The molecule has 8 unspecified atom stereocenters. The molecule has 0 saturated heterocycles. The van der Waals surface area contributed by atoms with Crippen molar-refractivity contribution in [3.05, 3.63) is 190 Å². The molecule has 0 bridgehead atoms. The molecule has 3 heteroatoms. The maximum atomic E-state index is 6.73. The number of benzene rings is 1. The molecule has 0 aromatic heterocycles. The van der Waals surface area contributed by atoms with Gasteiger partial charge in [-0.25, -0.2) is 0 Å². The average Bonchev–Trinajstić information content (AvgIpc) is 3.79. The van der Waals surface area contributed by atoms with Crippen LogP contribution in [0, 0.1) is 29.6 Å². The second-order valence-corrected chi connectivity index (χ2v) is 16.3. The Labute approximate surface area is 313 Å². The average molecular weight is 694 g/mol. The summed E-state index contributed by atoms with van der Waals surface area (Å²) in [4.78, 5) is 2.70. The third-order valence-electron chi connectivity index (χ3n) is 13.3. The molecule has 0 N–H and O–H groups in total. The van der Waals surface area contributed by atoms with E-state index in [4.69, 9.17) is 9.47 Å². The lowest BCUT2D eigenvalue weighted by Crippen LogP contribution is -2.44. The van der Waals surface area contributed by atoms with Crippen molar-refractivity contribution in [1.29, 1.82) is 0 Å². The van der Waals surface area contributed by atoms with Crippen molar-refractivity contribution in [2.24, 2.45) is 29.6 Å². The predicted octanol–water partition coefficient (Wildman–Crippen LogP) is 9.42. The molecule has 0 saturated carbocycles. The molecule has 2 aliphatic heterocycles. The Morgan fingerprint density at radius 3 is 2.47 bits per heavy atom. The van der Waals surface area contributed by atoms with Crippen LogP contribution in [0.3, 0.4) is 0 Å². The molecule has 0 spiro atoms. The van der Waals surface area contributed by atoms with E-state index in [-0.39, 0.29) is 18.2 Å². The maximum Gasteiger partial charge on any atom is 0.127 e. The Bertz CT molecular complexity index is 2310. The first-order valence-electron chi connectivity index (χ1n) is 20.2. The van der Waals surface area contributed by atoms with E-state index in [9.17, 15) is 0 Å². The highest BCUT2D eigenvalue weighted by atomic mass is 16.5. The van der Waals surface area contributed by atoms with Gasteiger partial charge in [-0.15, -0.1) is 0 Å². The summed E-state index contributed by atoms with van der Waals surface area (Å²) in [6, 6.07) is 9.35. The van der Waals surface area contributed by atoms with Crippen LogP contribution in [0.1, 0.15) is 51.4 Å². The SMILES string of the molecule is C1=CCC(C2=CCCC3=C2OC2C=CC(C4C=CC(N(C5=c6ccccc6=C6C=CCCC6C5)C5C=CC6=C(C5)OC5C=CC=CC65)=CC4)=CC32)C=C1. The molecule has 0 amide bonds. The molecule has 1 aromatic rings. The maximum absolute atomic E-state index is 6.73. The largest absolute Gasteiger partial charge is 0.489 e. The number of rotatable bonds is 5. The minimum absolute atomic E-state index is 0.117. The van der Waals surface area contributed by atoms with Gasteiger partial charge in [-0.05, 0) is 96.6 Å². The molecule has 2 heterocycles. The Morgan fingerprint density at radius 2 is 1.57 bits per heavy atom. The number of hydrogen-bond donors (Lipinski definition) is 0. The van der Waals surface area contributed by atoms with Crippen molar-refractivity contribution >= 4 is 11.3 Å². The van der Waals surface area contributed by atoms with Gasteiger partial charge in [0.25, 0.3) is 0 Å². The number of nitrogens with zero attached hydrogens (tertiary/aromatic N) is 1. The fraction of sp³-hybridized carbons (Fsp3) is 0.320. The van der Waals surface area contributed by atoms with Gasteiger partial charge in [-0.3, -0.25) is 0 Å². The fourth-order valence-corrected chi connectivity index (χ4v) is 10.7. The molecule has 8 aliphatic carbocycles. The highest BCUT2D eigenvalue weighted by Gasteiger charge is 2.41. The minimum Gasteiger partial charge on any atom is -0.489 e. The number of ether oxygens (including phenoxy) is 2. The van der Waals surface area contributed by atoms with Crippen LogP contribution in [-0.2, 0) is 9.47 Å². The van der Waals surface area contributed by atoms with Crippen molar-refractivity contribution in [1.82, 2.24) is 4.90 Å². The van der Waals surface area contributed by atoms with Crippen LogP contribution in [0.5, 0.6) is 0 Å². The van der Waals surface area contributed by atoms with Crippen molar-refractivity contribution in [2.75, 3.05) is 0 Å². The van der Waals surface area contributed by atoms with Gasteiger partial charge in [0, 0.05) is 52.3 Å². The van der Waals surface area contributed by atoms with Crippen molar-refractivity contribution in [3.63, 3.8) is 0 Å². The molecule has 8 atom stereocenters. The first-order chi connectivity index (χ1) is 26.3. The Morgan fingerprint density at radius 1 is 0.660 bits per heavy atom. The van der Waals surface area contributed by atoms with Gasteiger partial charge in [0.1, 0.15) is 23.7 Å². The van der Waals surface area contributed by atoms with Crippen molar-refractivity contribution in [2.45, 2.75) is 69.6 Å². The summed E-state index contributed by atoms with van der Waals surface area (Å²) in [6.45, 7) is 0. The Kier molecular flexibility index (Phi) is 7.63. The zero-order chi connectivity index (χ0) is 34.9. The predicted molar refractivity (Wildman–Crippen MR) is 214 cm³/mol. The molecule has 0 fully saturated rings. The van der Waals surface area contributed by atoms with Crippen LogP contribution in [0.4, 0.5) is 0 Å². The summed E-state index contributed by atoms with van der Waals surface area (Å²) >= 11 is 0. The van der Waals surface area contributed by atoms with Gasteiger partial charge >= 0.3 is 0 Å². The summed E-state index contributed by atoms with van der Waals surface area (Å²) in [5.41, 5.74) is 10.00. The summed E-state index contributed by atoms with van der Waals surface area (Å²) in [7, 11) is 0. The Hall–Kier alpha value is -5.02. The monoisotopic (exact) mass is 693 g/mol. The number of allylic oxidation sites excluding steroid dienone is 16. The van der Waals surface area contributed by atoms with Crippen LogP contribution in [0.2, 0.25) is 0 Å². The second kappa shape index (κ2) is 12.8. The van der Waals surface area contributed by atoms with Crippen LogP contribution in [0.15, 0.2) is 179 Å². The summed E-state index contributed by atoms with van der Waals surface area (Å²) in [5.74, 6) is 4.36. The third-order valence-corrected chi connectivity index (χ3v) is 13.3. The number of hydrogen-bond acceptors (Lipinski definition) is 3. The van der Waals surface area contributed by atoms with Gasteiger partial charge in [0.2, 0.25) is 0 Å². The molecular formula is C50H47NO2. The van der Waals surface area contributed by atoms with E-state index in [0.717, 1.165) is 44.9 Å². The van der Waals surface area contributed by atoms with Crippen LogP contribution >= 0.6 is 0 Å². The smallest absolute Gasteiger partial charge is 0.127 e. The standard InChI is InChI=1S/C50H47NO2/c1-2-11-33(12-3-1)39-18-10-19-44-45-29-34(23-28-48(45)53-50(39)44)32-21-24-36(25-22-32)51(37-26-27-43-42-17-8-9-20-47(42)52-49(43)31-37)46-30-35-13-4-5-14-38(35)40-15-6-7-16-41(40)46/h1-3,5-9,11,14-18,20-21,23-29,32-33,35,37,42,45,47-48H,4,10,12-13,19,22,30-31H2. The fourth-order valence-electron chi connectivity index (χ4n) is 10.7. The summed E-state index contributed by atoms with van der Waals surface area (Å²) in [5, 5.41) is 2.80. The lowest BCUT2D eigenvalue weighted by molar-refractivity contribution is 0.151. The molecular weight excluding hydrogens is 647 g/mol. The minimum atomic E-state index is 0.117. The first-order valence-corrected chi connectivity index (χ1v) is 20.2. The lowest BCUT2D eigenvalue weighted by Gasteiger charge is -2.40. The van der Waals surface area contributed by atoms with E-state index in [1.807, 2.05) is 0 Å². The molecule has 1 aromatic carbocycles. The van der Waals surface area contributed by atoms with Crippen molar-refractivity contribution in [3.8, 4) is 0 Å². The topological polar surface area (TPSA) is 21.7 Å². The van der Waals surface area contributed by atoms with Crippen LogP contribution in [0.25, 0.3) is 11.3 Å². The Balaban J connectivity index is 0.919. The second-order valence-electron chi connectivity index (χ2n) is 16.3. The zero-order valence-corrected chi connectivity index (χ0v) is 30.3. The molecule has 264 valence electrons. The van der Waals surface area contributed by atoms with Crippen LogP contribution in [-0.4, -0.2) is 23.1 Å². The van der Waals surface area contributed by atoms with Gasteiger partial charge in [0.15, 0.2) is 0 Å². The number of fused-ring (bicyclic) bond motifs is 6. The van der Waals surface area contributed by atoms with E-state index >= 15 is 0 Å². The lowest BCUT2D eigenvalue weighted by atomic mass is 9.78. The molecule has 53 heavy (non-hydrogen) atoms. The van der Waals surface area contributed by atoms with E-state index in [0.29, 0.717) is 29.6 Å². The first kappa shape index (κ1) is 31.5. The molecule has 3 nitrogen and oxygen atoms in total. The summed E-state index contributed by atoms with van der Waals surface area (Å²) in [6.07, 6.45) is 53.4. The van der Waals surface area contributed by atoms with E-state index in [1.54, 1.807) is 0 Å². The van der Waals surface area contributed by atoms with Gasteiger partial charge < -0.3 is 14.4 Å².